The largest absolute Gasteiger partial charge is 0.496 e. The Hall–Kier alpha value is -1.18. The molecule has 1 heterocycles. The standard InChI is InChI=1S/C12H10ClNO2S/c1-16-10-3-2-8(13)12-11(10)9(15)6-7(17-12)4-5-14/h2-3,7H,4,6H2,1H3. The summed E-state index contributed by atoms with van der Waals surface area (Å²) in [6.07, 6.45) is 0.714. The molecule has 17 heavy (non-hydrogen) atoms. The van der Waals surface area contributed by atoms with E-state index >= 15 is 0 Å². The molecule has 0 bridgehead atoms. The van der Waals surface area contributed by atoms with Crippen molar-refractivity contribution in [1.82, 2.24) is 0 Å². The van der Waals surface area contributed by atoms with Crippen LogP contribution in [0.4, 0.5) is 0 Å². The second kappa shape index (κ2) is 4.99. The number of rotatable bonds is 2. The molecule has 1 aromatic carbocycles. The Kier molecular flexibility index (Phi) is 3.60. The Bertz CT molecular complexity index is 510. The molecule has 0 saturated heterocycles. The number of methoxy groups -OCH3 is 1. The van der Waals surface area contributed by atoms with Crippen LogP contribution in [-0.2, 0) is 0 Å². The third kappa shape index (κ3) is 2.26. The van der Waals surface area contributed by atoms with Gasteiger partial charge in [0.05, 0.1) is 23.8 Å². The van der Waals surface area contributed by atoms with Crippen LogP contribution in [0.15, 0.2) is 17.0 Å². The number of carbonyl (C=O) groups is 1. The van der Waals surface area contributed by atoms with E-state index in [9.17, 15) is 4.79 Å². The number of ketones is 1. The van der Waals surface area contributed by atoms with Gasteiger partial charge in [0.15, 0.2) is 5.78 Å². The lowest BCUT2D eigenvalue weighted by atomic mass is 10.0. The van der Waals surface area contributed by atoms with Crippen LogP contribution in [0.3, 0.4) is 0 Å². The fourth-order valence-electron chi connectivity index (χ4n) is 1.82. The molecule has 88 valence electrons. The van der Waals surface area contributed by atoms with E-state index in [2.05, 4.69) is 6.07 Å². The predicted molar refractivity (Wildman–Crippen MR) is 66.8 cm³/mol. The number of benzene rings is 1. The second-order valence-electron chi connectivity index (χ2n) is 3.68. The van der Waals surface area contributed by atoms with Crippen LogP contribution in [-0.4, -0.2) is 18.1 Å². The van der Waals surface area contributed by atoms with Crippen molar-refractivity contribution in [2.45, 2.75) is 23.0 Å². The zero-order valence-electron chi connectivity index (χ0n) is 9.20. The smallest absolute Gasteiger partial charge is 0.168 e. The molecule has 5 heteroatoms. The molecule has 0 spiro atoms. The lowest BCUT2D eigenvalue weighted by Crippen LogP contribution is -2.18. The molecule has 1 unspecified atom stereocenters. The Morgan fingerprint density at radius 3 is 3.06 bits per heavy atom. The molecule has 0 saturated carbocycles. The monoisotopic (exact) mass is 267 g/mol. The van der Waals surface area contributed by atoms with Gasteiger partial charge in [0.25, 0.3) is 0 Å². The highest BCUT2D eigenvalue weighted by atomic mass is 35.5. The topological polar surface area (TPSA) is 50.1 Å². The Balaban J connectivity index is 2.48. The average molecular weight is 268 g/mol. The van der Waals surface area contributed by atoms with Crippen molar-refractivity contribution in [3.63, 3.8) is 0 Å². The number of fused-ring (bicyclic) bond motifs is 1. The van der Waals surface area contributed by atoms with E-state index in [1.54, 1.807) is 12.1 Å². The summed E-state index contributed by atoms with van der Waals surface area (Å²) in [5.41, 5.74) is 0.555. The van der Waals surface area contributed by atoms with Crippen molar-refractivity contribution in [1.29, 1.82) is 5.26 Å². The molecule has 0 amide bonds. The molecular weight excluding hydrogens is 258 g/mol. The Morgan fingerprint density at radius 1 is 1.65 bits per heavy atom. The molecule has 1 aromatic rings. The van der Waals surface area contributed by atoms with Crippen molar-refractivity contribution in [3.8, 4) is 11.8 Å². The summed E-state index contributed by atoms with van der Waals surface area (Å²) in [4.78, 5) is 12.8. The van der Waals surface area contributed by atoms with Crippen LogP contribution in [0.5, 0.6) is 5.75 Å². The summed E-state index contributed by atoms with van der Waals surface area (Å²) >= 11 is 7.58. The zero-order chi connectivity index (χ0) is 12.4. The number of hydrogen-bond acceptors (Lipinski definition) is 4. The van der Waals surface area contributed by atoms with Crippen molar-refractivity contribution in [2.24, 2.45) is 0 Å². The van der Waals surface area contributed by atoms with E-state index < -0.39 is 0 Å². The SMILES string of the molecule is COc1ccc(Cl)c2c1C(=O)CC(CC#N)S2. The highest BCUT2D eigenvalue weighted by Crippen LogP contribution is 2.44. The molecule has 3 nitrogen and oxygen atoms in total. The lowest BCUT2D eigenvalue weighted by Gasteiger charge is -2.23. The van der Waals surface area contributed by atoms with Gasteiger partial charge in [-0.3, -0.25) is 4.79 Å². The number of nitriles is 1. The number of halogens is 1. The van der Waals surface area contributed by atoms with Crippen molar-refractivity contribution >= 4 is 29.1 Å². The van der Waals surface area contributed by atoms with Gasteiger partial charge in [-0.2, -0.15) is 5.26 Å². The van der Waals surface area contributed by atoms with E-state index in [0.717, 1.165) is 4.90 Å². The maximum atomic E-state index is 12.0. The van der Waals surface area contributed by atoms with E-state index in [1.165, 1.54) is 18.9 Å². The highest BCUT2D eigenvalue weighted by molar-refractivity contribution is 8.00. The molecule has 0 N–H and O–H groups in total. The second-order valence-corrected chi connectivity index (χ2v) is 5.40. The first-order valence-corrected chi connectivity index (χ1v) is 6.36. The average Bonchev–Trinajstić information content (AvgIpc) is 2.31. The Labute approximate surface area is 109 Å². The van der Waals surface area contributed by atoms with Crippen LogP contribution in [0.1, 0.15) is 23.2 Å². The predicted octanol–water partition coefficient (Wildman–Crippen LogP) is 3.31. The maximum Gasteiger partial charge on any atom is 0.168 e. The summed E-state index contributed by atoms with van der Waals surface area (Å²) in [6, 6.07) is 5.50. The number of carbonyl (C=O) groups excluding carboxylic acids is 1. The molecule has 0 fully saturated rings. The van der Waals surface area contributed by atoms with Crippen LogP contribution >= 0.6 is 23.4 Å². The molecular formula is C12H10ClNO2S. The number of Topliss-reactive ketones (excluding diaryl/α,β-unsaturated/α-hetero) is 1. The van der Waals surface area contributed by atoms with E-state index in [-0.39, 0.29) is 11.0 Å². The minimum absolute atomic E-state index is 0.00153. The van der Waals surface area contributed by atoms with Crippen LogP contribution in [0, 0.1) is 11.3 Å². The fraction of sp³-hybridized carbons (Fsp3) is 0.333. The molecule has 0 radical (unpaired) electrons. The minimum atomic E-state index is -0.00962. The van der Waals surface area contributed by atoms with E-state index in [0.29, 0.717) is 29.2 Å². The molecule has 1 atom stereocenters. The quantitative estimate of drug-likeness (QED) is 0.825. The first-order chi connectivity index (χ1) is 8.17. The molecule has 1 aliphatic rings. The lowest BCUT2D eigenvalue weighted by molar-refractivity contribution is 0.0974. The minimum Gasteiger partial charge on any atom is -0.496 e. The third-order valence-electron chi connectivity index (χ3n) is 2.59. The van der Waals surface area contributed by atoms with Gasteiger partial charge in [-0.15, -0.1) is 11.8 Å². The first kappa shape index (κ1) is 12.3. The number of hydrogen-bond donors (Lipinski definition) is 0. The summed E-state index contributed by atoms with van der Waals surface area (Å²) in [5.74, 6) is 0.552. The van der Waals surface area contributed by atoms with E-state index in [1.807, 2.05) is 0 Å². The number of nitrogens with zero attached hydrogens (tertiary/aromatic N) is 1. The highest BCUT2D eigenvalue weighted by Gasteiger charge is 2.30. The molecule has 2 rings (SSSR count). The van der Waals surface area contributed by atoms with Gasteiger partial charge in [-0.25, -0.2) is 0 Å². The van der Waals surface area contributed by atoms with Gasteiger partial charge in [-0.05, 0) is 12.1 Å². The first-order valence-electron chi connectivity index (χ1n) is 5.10. The number of thioether (sulfide) groups is 1. The molecule has 0 aromatic heterocycles. The summed E-state index contributed by atoms with van der Waals surface area (Å²) in [6.45, 7) is 0. The van der Waals surface area contributed by atoms with Gasteiger partial charge >= 0.3 is 0 Å². The summed E-state index contributed by atoms with van der Waals surface area (Å²) in [7, 11) is 1.53. The van der Waals surface area contributed by atoms with E-state index in [4.69, 9.17) is 21.6 Å². The van der Waals surface area contributed by atoms with Crippen molar-refractivity contribution in [3.05, 3.63) is 22.7 Å². The van der Waals surface area contributed by atoms with Crippen LogP contribution in [0.2, 0.25) is 5.02 Å². The normalized spacial score (nSPS) is 18.4. The molecule has 0 aliphatic carbocycles. The summed E-state index contributed by atoms with van der Waals surface area (Å²) < 4.78 is 5.18. The van der Waals surface area contributed by atoms with Crippen LogP contribution < -0.4 is 4.74 Å². The Morgan fingerprint density at radius 2 is 2.41 bits per heavy atom. The van der Waals surface area contributed by atoms with Gasteiger partial charge < -0.3 is 4.74 Å². The van der Waals surface area contributed by atoms with Gasteiger partial charge in [0, 0.05) is 23.0 Å². The van der Waals surface area contributed by atoms with Gasteiger partial charge in [0.1, 0.15) is 5.75 Å². The number of ether oxygens (including phenoxy) is 1. The third-order valence-corrected chi connectivity index (χ3v) is 4.34. The summed E-state index contributed by atoms with van der Waals surface area (Å²) in [5, 5.41) is 9.22. The van der Waals surface area contributed by atoms with Crippen LogP contribution in [0.25, 0.3) is 0 Å². The van der Waals surface area contributed by atoms with Gasteiger partial charge in [0.2, 0.25) is 0 Å². The zero-order valence-corrected chi connectivity index (χ0v) is 10.8. The van der Waals surface area contributed by atoms with Crippen molar-refractivity contribution in [2.75, 3.05) is 7.11 Å². The van der Waals surface area contributed by atoms with Gasteiger partial charge in [-0.1, -0.05) is 11.6 Å². The molecule has 1 aliphatic heterocycles. The van der Waals surface area contributed by atoms with Crippen molar-refractivity contribution < 1.29 is 9.53 Å². The maximum absolute atomic E-state index is 12.0. The fourth-order valence-corrected chi connectivity index (χ4v) is 3.35.